The number of carbonyl (C=O) groups excluding carboxylic acids is 1. The first-order chi connectivity index (χ1) is 8.11. The molecule has 1 aromatic carbocycles. The molecule has 0 N–H and O–H groups in total. The highest BCUT2D eigenvalue weighted by atomic mass is 16.5. The van der Waals surface area contributed by atoms with E-state index in [9.17, 15) is 4.79 Å². The maximum atomic E-state index is 11.3. The van der Waals surface area contributed by atoms with Crippen molar-refractivity contribution in [2.75, 3.05) is 7.11 Å². The third-order valence-corrected chi connectivity index (χ3v) is 2.49. The van der Waals surface area contributed by atoms with Gasteiger partial charge in [-0.05, 0) is 25.5 Å². The van der Waals surface area contributed by atoms with E-state index in [1.165, 1.54) is 12.7 Å². The summed E-state index contributed by atoms with van der Waals surface area (Å²) in [7, 11) is 1.32. The van der Waals surface area contributed by atoms with Crippen LogP contribution in [0, 0.1) is 13.8 Å². The van der Waals surface area contributed by atoms with Gasteiger partial charge < -0.3 is 4.74 Å². The molecule has 0 radical (unpaired) electrons. The van der Waals surface area contributed by atoms with E-state index in [2.05, 4.69) is 21.1 Å². The number of methoxy groups -OCH3 is 1. The molecule has 0 aliphatic carbocycles. The van der Waals surface area contributed by atoms with E-state index in [-0.39, 0.29) is 5.69 Å². The van der Waals surface area contributed by atoms with Crippen molar-refractivity contribution in [3.63, 3.8) is 0 Å². The van der Waals surface area contributed by atoms with Crippen LogP contribution < -0.4 is 0 Å². The number of hydrogen-bond acceptors (Lipinski definition) is 4. The van der Waals surface area contributed by atoms with Crippen LogP contribution in [0.15, 0.2) is 24.4 Å². The number of esters is 1. The van der Waals surface area contributed by atoms with Gasteiger partial charge in [0.15, 0.2) is 5.69 Å². The smallest absolute Gasteiger partial charge is 0.360 e. The zero-order valence-corrected chi connectivity index (χ0v) is 9.97. The summed E-state index contributed by atoms with van der Waals surface area (Å²) >= 11 is 0. The molecule has 5 heteroatoms. The number of rotatable bonds is 2. The zero-order valence-electron chi connectivity index (χ0n) is 9.97. The van der Waals surface area contributed by atoms with Crippen LogP contribution in [0.3, 0.4) is 0 Å². The lowest BCUT2D eigenvalue weighted by atomic mass is 10.1. The molecule has 0 fully saturated rings. The summed E-state index contributed by atoms with van der Waals surface area (Å²) in [6.07, 6.45) is 1.56. The van der Waals surface area contributed by atoms with Crippen LogP contribution in [0.4, 0.5) is 0 Å². The maximum Gasteiger partial charge on any atom is 0.360 e. The van der Waals surface area contributed by atoms with Gasteiger partial charge in [-0.15, -0.1) is 5.10 Å². The Bertz CT molecular complexity index is 561. The molecule has 0 bridgehead atoms. The second-order valence-corrected chi connectivity index (χ2v) is 3.83. The molecule has 1 heterocycles. The normalized spacial score (nSPS) is 10.3. The van der Waals surface area contributed by atoms with Crippen LogP contribution in [-0.2, 0) is 4.74 Å². The predicted molar refractivity (Wildman–Crippen MR) is 62.2 cm³/mol. The lowest BCUT2D eigenvalue weighted by Gasteiger charge is -2.05. The fraction of sp³-hybridized carbons (Fsp3) is 0.250. The van der Waals surface area contributed by atoms with Crippen LogP contribution >= 0.6 is 0 Å². The minimum Gasteiger partial charge on any atom is -0.464 e. The van der Waals surface area contributed by atoms with Gasteiger partial charge in [-0.2, -0.15) is 0 Å². The molecule has 0 aliphatic rings. The van der Waals surface area contributed by atoms with E-state index in [1.54, 1.807) is 10.9 Å². The van der Waals surface area contributed by atoms with Gasteiger partial charge in [0.25, 0.3) is 0 Å². The first-order valence-corrected chi connectivity index (χ1v) is 5.20. The molecule has 17 heavy (non-hydrogen) atoms. The number of hydrogen-bond donors (Lipinski definition) is 0. The molecule has 0 atom stereocenters. The number of benzene rings is 1. The lowest BCUT2D eigenvalue weighted by Crippen LogP contribution is -2.01. The number of aromatic nitrogens is 3. The molecule has 0 saturated heterocycles. The number of ether oxygens (including phenoxy) is 1. The van der Waals surface area contributed by atoms with Gasteiger partial charge in [0.05, 0.1) is 19.0 Å². The second kappa shape index (κ2) is 4.37. The fourth-order valence-corrected chi connectivity index (χ4v) is 1.64. The summed E-state index contributed by atoms with van der Waals surface area (Å²) < 4.78 is 6.15. The highest BCUT2D eigenvalue weighted by Gasteiger charge is 2.12. The Kier molecular flexibility index (Phi) is 2.91. The largest absolute Gasteiger partial charge is 0.464 e. The molecule has 1 aromatic heterocycles. The average Bonchev–Trinajstić information content (AvgIpc) is 2.77. The van der Waals surface area contributed by atoms with Crippen molar-refractivity contribution < 1.29 is 9.53 Å². The van der Waals surface area contributed by atoms with E-state index in [0.717, 1.165) is 11.3 Å². The average molecular weight is 231 g/mol. The van der Waals surface area contributed by atoms with Gasteiger partial charge in [0.2, 0.25) is 0 Å². The van der Waals surface area contributed by atoms with Gasteiger partial charge >= 0.3 is 5.97 Å². The molecule has 88 valence electrons. The molecule has 0 amide bonds. The highest BCUT2D eigenvalue weighted by molar-refractivity contribution is 5.86. The third-order valence-electron chi connectivity index (χ3n) is 2.49. The number of aryl methyl sites for hydroxylation is 2. The Morgan fingerprint density at radius 3 is 2.76 bits per heavy atom. The van der Waals surface area contributed by atoms with Crippen molar-refractivity contribution in [1.29, 1.82) is 0 Å². The minimum absolute atomic E-state index is 0.201. The van der Waals surface area contributed by atoms with E-state index in [0.29, 0.717) is 0 Å². The van der Waals surface area contributed by atoms with Crippen molar-refractivity contribution in [3.8, 4) is 5.69 Å². The van der Waals surface area contributed by atoms with E-state index < -0.39 is 5.97 Å². The molecule has 0 saturated carbocycles. The van der Waals surface area contributed by atoms with Crippen LogP contribution in [0.2, 0.25) is 0 Å². The summed E-state index contributed by atoms with van der Waals surface area (Å²) in [6, 6.07) is 5.98. The van der Waals surface area contributed by atoms with Gasteiger partial charge in [-0.3, -0.25) is 0 Å². The molecular formula is C12H13N3O2. The highest BCUT2D eigenvalue weighted by Crippen LogP contribution is 2.14. The molecule has 0 spiro atoms. The number of carbonyl (C=O) groups is 1. The molecule has 0 aliphatic heterocycles. The van der Waals surface area contributed by atoms with E-state index >= 15 is 0 Å². The van der Waals surface area contributed by atoms with Crippen LogP contribution in [0.5, 0.6) is 0 Å². The van der Waals surface area contributed by atoms with E-state index in [4.69, 9.17) is 0 Å². The zero-order chi connectivity index (χ0) is 12.4. The molecule has 2 aromatic rings. The third kappa shape index (κ3) is 2.18. The molecular weight excluding hydrogens is 218 g/mol. The van der Waals surface area contributed by atoms with Crippen molar-refractivity contribution in [1.82, 2.24) is 15.0 Å². The Morgan fingerprint density at radius 1 is 1.35 bits per heavy atom. The lowest BCUT2D eigenvalue weighted by molar-refractivity contribution is 0.0594. The summed E-state index contributed by atoms with van der Waals surface area (Å²) in [6.45, 7) is 4.01. The van der Waals surface area contributed by atoms with Gasteiger partial charge in [-0.25, -0.2) is 9.48 Å². The Morgan fingerprint density at radius 2 is 2.12 bits per heavy atom. The van der Waals surface area contributed by atoms with E-state index in [1.807, 2.05) is 26.0 Å². The van der Waals surface area contributed by atoms with Crippen molar-refractivity contribution in [2.45, 2.75) is 13.8 Å². The maximum absolute atomic E-state index is 11.3. The van der Waals surface area contributed by atoms with Gasteiger partial charge in [-0.1, -0.05) is 22.9 Å². The standard InChI is InChI=1S/C12H13N3O2/c1-8-4-5-11(9(2)6-8)15-7-10(13-14-15)12(16)17-3/h4-7H,1-3H3. The first-order valence-electron chi connectivity index (χ1n) is 5.20. The Balaban J connectivity index is 2.40. The summed E-state index contributed by atoms with van der Waals surface area (Å²) in [5, 5.41) is 7.68. The first kappa shape index (κ1) is 11.3. The summed E-state index contributed by atoms with van der Waals surface area (Å²) in [5.74, 6) is -0.485. The second-order valence-electron chi connectivity index (χ2n) is 3.83. The van der Waals surface area contributed by atoms with Gasteiger partial charge in [0.1, 0.15) is 0 Å². The van der Waals surface area contributed by atoms with Crippen molar-refractivity contribution in [2.24, 2.45) is 0 Å². The summed E-state index contributed by atoms with van der Waals surface area (Å²) in [4.78, 5) is 11.3. The molecule has 2 rings (SSSR count). The van der Waals surface area contributed by atoms with Crippen molar-refractivity contribution in [3.05, 3.63) is 41.2 Å². The quantitative estimate of drug-likeness (QED) is 0.738. The van der Waals surface area contributed by atoms with Crippen LogP contribution in [0.1, 0.15) is 21.6 Å². The minimum atomic E-state index is -0.485. The Labute approximate surface area is 99.0 Å². The van der Waals surface area contributed by atoms with Crippen molar-refractivity contribution >= 4 is 5.97 Å². The molecule has 5 nitrogen and oxygen atoms in total. The predicted octanol–water partition coefficient (Wildman–Crippen LogP) is 1.67. The van der Waals surface area contributed by atoms with Gasteiger partial charge in [0, 0.05) is 0 Å². The Hall–Kier alpha value is -2.17. The SMILES string of the molecule is COC(=O)c1cn(-c2ccc(C)cc2C)nn1. The fourth-order valence-electron chi connectivity index (χ4n) is 1.64. The summed E-state index contributed by atoms with van der Waals surface area (Å²) in [5.41, 5.74) is 3.36. The monoisotopic (exact) mass is 231 g/mol. The number of nitrogens with zero attached hydrogens (tertiary/aromatic N) is 3. The molecule has 0 unspecified atom stereocenters. The van der Waals surface area contributed by atoms with Crippen LogP contribution in [0.25, 0.3) is 5.69 Å². The topological polar surface area (TPSA) is 57.0 Å². The van der Waals surface area contributed by atoms with Crippen LogP contribution in [-0.4, -0.2) is 28.1 Å².